The van der Waals surface area contributed by atoms with Crippen LogP contribution in [0.5, 0.6) is 0 Å². The van der Waals surface area contributed by atoms with E-state index in [4.69, 9.17) is 0 Å². The van der Waals surface area contributed by atoms with Crippen molar-refractivity contribution in [3.05, 3.63) is 35.4 Å². The Morgan fingerprint density at radius 2 is 1.92 bits per heavy atom. The van der Waals surface area contributed by atoms with Crippen molar-refractivity contribution in [3.8, 4) is 0 Å². The van der Waals surface area contributed by atoms with Crippen molar-refractivity contribution in [1.82, 2.24) is 15.1 Å². The van der Waals surface area contributed by atoms with Gasteiger partial charge in [0, 0.05) is 44.5 Å². The van der Waals surface area contributed by atoms with Crippen molar-refractivity contribution >= 4 is 17.8 Å². The second-order valence-electron chi connectivity index (χ2n) is 6.70. The van der Waals surface area contributed by atoms with E-state index in [9.17, 15) is 13.6 Å². The fourth-order valence-electron chi connectivity index (χ4n) is 3.35. The van der Waals surface area contributed by atoms with Gasteiger partial charge in [-0.25, -0.2) is 13.6 Å². The van der Waals surface area contributed by atoms with E-state index >= 15 is 0 Å². The van der Waals surface area contributed by atoms with Crippen LogP contribution in [-0.4, -0.2) is 59.6 Å². The molecule has 0 spiro atoms. The Hall–Kier alpha value is -1.34. The second kappa shape index (κ2) is 8.85. The van der Waals surface area contributed by atoms with Gasteiger partial charge in [-0.2, -0.15) is 11.8 Å². The lowest BCUT2D eigenvalue weighted by Crippen LogP contribution is -2.49. The van der Waals surface area contributed by atoms with Crippen LogP contribution < -0.4 is 5.32 Å². The number of halogens is 2. The van der Waals surface area contributed by atoms with Crippen molar-refractivity contribution in [3.63, 3.8) is 0 Å². The SMILES string of the molecule is O=C(NC1CCN(Cc2ccc(F)c(F)c2)CC1)N1CCCSCC1. The minimum absolute atomic E-state index is 0.0570. The lowest BCUT2D eigenvalue weighted by atomic mass is 10.0. The molecule has 2 aliphatic rings. The maximum atomic E-state index is 13.3. The van der Waals surface area contributed by atoms with Gasteiger partial charge in [0.1, 0.15) is 0 Å². The van der Waals surface area contributed by atoms with Crippen molar-refractivity contribution in [1.29, 1.82) is 0 Å². The number of urea groups is 1. The number of likely N-dealkylation sites (tertiary alicyclic amines) is 1. The molecule has 2 fully saturated rings. The summed E-state index contributed by atoms with van der Waals surface area (Å²) in [6.45, 7) is 3.97. The molecule has 3 rings (SSSR count). The van der Waals surface area contributed by atoms with E-state index in [1.165, 1.54) is 12.1 Å². The molecular formula is C18H25F2N3OS. The Morgan fingerprint density at radius 1 is 1.12 bits per heavy atom. The first-order chi connectivity index (χ1) is 12.1. The largest absolute Gasteiger partial charge is 0.335 e. The third kappa shape index (κ3) is 5.31. The van der Waals surface area contributed by atoms with Gasteiger partial charge in [0.25, 0.3) is 0 Å². The molecule has 7 heteroatoms. The van der Waals surface area contributed by atoms with Crippen LogP contribution in [0.2, 0.25) is 0 Å². The van der Waals surface area contributed by atoms with Gasteiger partial charge in [-0.1, -0.05) is 6.07 Å². The molecule has 0 bridgehead atoms. The summed E-state index contributed by atoms with van der Waals surface area (Å²) in [6.07, 6.45) is 2.83. The highest BCUT2D eigenvalue weighted by molar-refractivity contribution is 7.99. The molecule has 2 heterocycles. The van der Waals surface area contributed by atoms with Gasteiger partial charge < -0.3 is 10.2 Å². The van der Waals surface area contributed by atoms with E-state index < -0.39 is 11.6 Å². The molecular weight excluding hydrogens is 344 g/mol. The summed E-state index contributed by atoms with van der Waals surface area (Å²) < 4.78 is 26.3. The van der Waals surface area contributed by atoms with Gasteiger partial charge in [0.15, 0.2) is 11.6 Å². The lowest BCUT2D eigenvalue weighted by Gasteiger charge is -2.33. The summed E-state index contributed by atoms with van der Waals surface area (Å²) in [5.74, 6) is 0.541. The predicted octanol–water partition coefficient (Wildman–Crippen LogP) is 3.08. The monoisotopic (exact) mass is 369 g/mol. The topological polar surface area (TPSA) is 35.6 Å². The van der Waals surface area contributed by atoms with Gasteiger partial charge in [-0.05, 0) is 42.7 Å². The van der Waals surface area contributed by atoms with E-state index in [0.717, 1.165) is 62.5 Å². The number of rotatable bonds is 3. The number of hydrogen-bond donors (Lipinski definition) is 1. The number of hydrogen-bond acceptors (Lipinski definition) is 3. The number of nitrogens with zero attached hydrogens (tertiary/aromatic N) is 2. The van der Waals surface area contributed by atoms with Crippen molar-refractivity contribution < 1.29 is 13.6 Å². The Kier molecular flexibility index (Phi) is 6.53. The van der Waals surface area contributed by atoms with Gasteiger partial charge in [0.2, 0.25) is 0 Å². The van der Waals surface area contributed by atoms with E-state index in [1.807, 2.05) is 16.7 Å². The average molecular weight is 369 g/mol. The average Bonchev–Trinajstić information content (AvgIpc) is 2.89. The fourth-order valence-corrected chi connectivity index (χ4v) is 4.23. The smallest absolute Gasteiger partial charge is 0.317 e. The van der Waals surface area contributed by atoms with Gasteiger partial charge >= 0.3 is 6.03 Å². The third-order valence-corrected chi connectivity index (χ3v) is 5.86. The molecule has 138 valence electrons. The summed E-state index contributed by atoms with van der Waals surface area (Å²) in [5, 5.41) is 3.16. The Labute approximate surface area is 151 Å². The van der Waals surface area contributed by atoms with Crippen molar-refractivity contribution in [2.45, 2.75) is 31.8 Å². The molecule has 2 aliphatic heterocycles. The maximum Gasteiger partial charge on any atom is 0.317 e. The zero-order valence-electron chi connectivity index (χ0n) is 14.3. The highest BCUT2D eigenvalue weighted by atomic mass is 32.2. The zero-order chi connectivity index (χ0) is 17.6. The number of carbonyl (C=O) groups excluding carboxylic acids is 1. The van der Waals surface area contributed by atoms with E-state index in [0.29, 0.717) is 6.54 Å². The molecule has 2 saturated heterocycles. The highest BCUT2D eigenvalue weighted by Gasteiger charge is 2.23. The number of amides is 2. The van der Waals surface area contributed by atoms with Crippen LogP contribution in [0.15, 0.2) is 18.2 Å². The first-order valence-electron chi connectivity index (χ1n) is 8.91. The predicted molar refractivity (Wildman–Crippen MR) is 96.7 cm³/mol. The number of benzene rings is 1. The Morgan fingerprint density at radius 3 is 2.68 bits per heavy atom. The number of piperidine rings is 1. The summed E-state index contributed by atoms with van der Waals surface area (Å²) in [5.41, 5.74) is 0.781. The van der Waals surface area contributed by atoms with Crippen LogP contribution >= 0.6 is 11.8 Å². The summed E-state index contributed by atoms with van der Waals surface area (Å²) in [7, 11) is 0. The number of nitrogens with one attached hydrogen (secondary N) is 1. The molecule has 1 aromatic carbocycles. The van der Waals surface area contributed by atoms with Gasteiger partial charge in [-0.3, -0.25) is 4.90 Å². The van der Waals surface area contributed by atoms with Crippen LogP contribution in [0.25, 0.3) is 0 Å². The maximum absolute atomic E-state index is 13.3. The summed E-state index contributed by atoms with van der Waals surface area (Å²) in [6, 6.07) is 4.33. The molecule has 0 aliphatic carbocycles. The molecule has 0 aromatic heterocycles. The standard InChI is InChI=1S/C18H25F2N3OS/c19-16-3-2-14(12-17(16)20)13-22-7-4-15(5-8-22)21-18(24)23-6-1-10-25-11-9-23/h2-3,12,15H,1,4-11,13H2,(H,21,24). The molecule has 4 nitrogen and oxygen atoms in total. The normalized spacial score (nSPS) is 20.3. The molecule has 0 atom stereocenters. The minimum Gasteiger partial charge on any atom is -0.335 e. The zero-order valence-corrected chi connectivity index (χ0v) is 15.2. The summed E-state index contributed by atoms with van der Waals surface area (Å²) >= 11 is 1.91. The van der Waals surface area contributed by atoms with Crippen LogP contribution in [0, 0.1) is 11.6 Å². The lowest BCUT2D eigenvalue weighted by molar-refractivity contribution is 0.170. The van der Waals surface area contributed by atoms with E-state index in [2.05, 4.69) is 10.2 Å². The Balaban J connectivity index is 1.43. The molecule has 2 amide bonds. The minimum atomic E-state index is -0.808. The van der Waals surface area contributed by atoms with Crippen molar-refractivity contribution in [2.24, 2.45) is 0 Å². The van der Waals surface area contributed by atoms with Crippen molar-refractivity contribution in [2.75, 3.05) is 37.7 Å². The van der Waals surface area contributed by atoms with Gasteiger partial charge in [0.05, 0.1) is 0 Å². The van der Waals surface area contributed by atoms with Crippen LogP contribution in [0.3, 0.4) is 0 Å². The van der Waals surface area contributed by atoms with Crippen LogP contribution in [0.4, 0.5) is 13.6 Å². The summed E-state index contributed by atoms with van der Waals surface area (Å²) in [4.78, 5) is 16.5. The quantitative estimate of drug-likeness (QED) is 0.889. The highest BCUT2D eigenvalue weighted by Crippen LogP contribution is 2.17. The first kappa shape index (κ1) is 18.5. The molecule has 0 unspecified atom stereocenters. The third-order valence-electron chi connectivity index (χ3n) is 4.81. The first-order valence-corrected chi connectivity index (χ1v) is 10.1. The van der Waals surface area contributed by atoms with Crippen LogP contribution in [0.1, 0.15) is 24.8 Å². The van der Waals surface area contributed by atoms with Crippen LogP contribution in [-0.2, 0) is 6.54 Å². The molecule has 1 aromatic rings. The molecule has 0 radical (unpaired) electrons. The molecule has 0 saturated carbocycles. The molecule has 25 heavy (non-hydrogen) atoms. The fraction of sp³-hybridized carbons (Fsp3) is 0.611. The number of thioether (sulfide) groups is 1. The second-order valence-corrected chi connectivity index (χ2v) is 7.93. The number of carbonyl (C=O) groups is 1. The van der Waals surface area contributed by atoms with Gasteiger partial charge in [-0.15, -0.1) is 0 Å². The Bertz CT molecular complexity index is 586. The van der Waals surface area contributed by atoms with E-state index in [1.54, 1.807) is 6.07 Å². The molecule has 1 N–H and O–H groups in total. The van der Waals surface area contributed by atoms with E-state index in [-0.39, 0.29) is 12.1 Å².